The number of nitrogens with zero attached hydrogens (tertiary/aromatic N) is 2. The molecule has 2 aromatic rings. The summed E-state index contributed by atoms with van der Waals surface area (Å²) in [6.45, 7) is 0.570. The van der Waals surface area contributed by atoms with Crippen molar-refractivity contribution in [1.29, 1.82) is 0 Å². The molecule has 0 spiro atoms. The molecule has 6 heteroatoms. The molecule has 6 nitrogen and oxygen atoms in total. The maximum absolute atomic E-state index is 12.1. The van der Waals surface area contributed by atoms with E-state index in [9.17, 15) is 9.59 Å². The number of amides is 2. The van der Waals surface area contributed by atoms with Crippen LogP contribution in [0, 0.1) is 0 Å². The Labute approximate surface area is 152 Å². The third-order valence-corrected chi connectivity index (χ3v) is 4.34. The fraction of sp³-hybridized carbons (Fsp3) is 0.250. The van der Waals surface area contributed by atoms with Gasteiger partial charge in [-0.2, -0.15) is 5.10 Å². The van der Waals surface area contributed by atoms with Crippen molar-refractivity contribution in [3.05, 3.63) is 65.7 Å². The number of benzene rings is 2. The lowest BCUT2D eigenvalue weighted by atomic mass is 9.99. The second-order valence-electron chi connectivity index (χ2n) is 6.15. The average molecular weight is 351 g/mol. The molecule has 0 aromatic heterocycles. The minimum atomic E-state index is -0.308. The van der Waals surface area contributed by atoms with E-state index in [4.69, 9.17) is 4.74 Å². The summed E-state index contributed by atoms with van der Waals surface area (Å²) in [6.07, 6.45) is 1.99. The number of rotatable bonds is 6. The first-order valence-corrected chi connectivity index (χ1v) is 8.44. The Balaban J connectivity index is 1.50. The van der Waals surface area contributed by atoms with Crippen LogP contribution in [0.1, 0.15) is 23.5 Å². The summed E-state index contributed by atoms with van der Waals surface area (Å²) in [4.78, 5) is 25.8. The van der Waals surface area contributed by atoms with E-state index in [1.807, 2.05) is 54.6 Å². The molecule has 1 saturated heterocycles. The molecule has 1 N–H and O–H groups in total. The van der Waals surface area contributed by atoms with E-state index >= 15 is 0 Å². The lowest BCUT2D eigenvalue weighted by Gasteiger charge is -2.15. The van der Waals surface area contributed by atoms with E-state index in [0.717, 1.165) is 16.9 Å². The molecule has 1 heterocycles. The summed E-state index contributed by atoms with van der Waals surface area (Å²) < 4.78 is 5.09. The average Bonchev–Trinajstić information content (AvgIpc) is 3.03. The molecule has 26 heavy (non-hydrogen) atoms. The summed E-state index contributed by atoms with van der Waals surface area (Å²) in [5.41, 5.74) is 4.43. The van der Waals surface area contributed by atoms with Crippen LogP contribution in [0.4, 0.5) is 0 Å². The fourth-order valence-corrected chi connectivity index (χ4v) is 2.95. The van der Waals surface area contributed by atoms with Crippen LogP contribution in [0.2, 0.25) is 0 Å². The zero-order chi connectivity index (χ0) is 18.4. The van der Waals surface area contributed by atoms with Gasteiger partial charge in [0.05, 0.1) is 13.3 Å². The number of carbonyl (C=O) groups is 2. The van der Waals surface area contributed by atoms with Crippen molar-refractivity contribution in [1.82, 2.24) is 10.3 Å². The first kappa shape index (κ1) is 17.7. The van der Waals surface area contributed by atoms with Crippen molar-refractivity contribution in [2.24, 2.45) is 5.10 Å². The molecular weight excluding hydrogens is 330 g/mol. The Kier molecular flexibility index (Phi) is 5.63. The normalized spacial score (nSPS) is 16.9. The van der Waals surface area contributed by atoms with Crippen LogP contribution in [0.3, 0.4) is 0 Å². The van der Waals surface area contributed by atoms with Crippen molar-refractivity contribution in [3.63, 3.8) is 0 Å². The Morgan fingerprint density at radius 2 is 1.96 bits per heavy atom. The van der Waals surface area contributed by atoms with Crippen LogP contribution in [-0.2, 0) is 9.59 Å². The van der Waals surface area contributed by atoms with Gasteiger partial charge in [0.1, 0.15) is 12.3 Å². The summed E-state index contributed by atoms with van der Waals surface area (Å²) in [5, 5.41) is 3.94. The van der Waals surface area contributed by atoms with Gasteiger partial charge >= 0.3 is 0 Å². The summed E-state index contributed by atoms with van der Waals surface area (Å²) in [6, 6.07) is 17.2. The highest BCUT2D eigenvalue weighted by molar-refractivity contribution is 5.87. The van der Waals surface area contributed by atoms with Crippen molar-refractivity contribution in [3.8, 4) is 5.75 Å². The lowest BCUT2D eigenvalue weighted by Crippen LogP contribution is -2.36. The molecule has 0 unspecified atom stereocenters. The maximum atomic E-state index is 12.1. The minimum Gasteiger partial charge on any atom is -0.497 e. The largest absolute Gasteiger partial charge is 0.497 e. The second kappa shape index (κ2) is 8.29. The number of carbonyl (C=O) groups excluding carboxylic acids is 2. The van der Waals surface area contributed by atoms with E-state index < -0.39 is 0 Å². The highest BCUT2D eigenvalue weighted by Crippen LogP contribution is 2.27. The van der Waals surface area contributed by atoms with Crippen molar-refractivity contribution < 1.29 is 14.3 Å². The van der Waals surface area contributed by atoms with Gasteiger partial charge in [0.25, 0.3) is 5.91 Å². The molecule has 134 valence electrons. The molecule has 1 aliphatic heterocycles. The Morgan fingerprint density at radius 1 is 1.23 bits per heavy atom. The minimum absolute atomic E-state index is 0.00635. The molecule has 1 fully saturated rings. The zero-order valence-electron chi connectivity index (χ0n) is 14.6. The molecule has 2 amide bonds. The van der Waals surface area contributed by atoms with Gasteiger partial charge in [-0.1, -0.05) is 30.3 Å². The van der Waals surface area contributed by atoms with Gasteiger partial charge in [-0.15, -0.1) is 0 Å². The predicted octanol–water partition coefficient (Wildman–Crippen LogP) is 2.16. The monoisotopic (exact) mass is 351 g/mol. The topological polar surface area (TPSA) is 71.0 Å². The van der Waals surface area contributed by atoms with Crippen LogP contribution < -0.4 is 10.2 Å². The van der Waals surface area contributed by atoms with E-state index in [1.165, 1.54) is 0 Å². The molecule has 1 aliphatic rings. The van der Waals surface area contributed by atoms with Gasteiger partial charge in [0.2, 0.25) is 5.91 Å². The van der Waals surface area contributed by atoms with E-state index in [1.54, 1.807) is 18.2 Å². The molecular formula is C20H21N3O3. The quantitative estimate of drug-likeness (QED) is 0.640. The molecule has 0 saturated carbocycles. The van der Waals surface area contributed by atoms with Crippen LogP contribution in [0.15, 0.2) is 59.7 Å². The number of hydrogen-bond donors (Lipinski definition) is 1. The van der Waals surface area contributed by atoms with Crippen LogP contribution in [0.25, 0.3) is 0 Å². The summed E-state index contributed by atoms with van der Waals surface area (Å²) in [7, 11) is 1.60. The number of hydrazone groups is 1. The van der Waals surface area contributed by atoms with Crippen LogP contribution in [-0.4, -0.2) is 43.1 Å². The second-order valence-corrected chi connectivity index (χ2v) is 6.15. The molecule has 0 bridgehead atoms. The third-order valence-electron chi connectivity index (χ3n) is 4.34. The maximum Gasteiger partial charge on any atom is 0.259 e. The van der Waals surface area contributed by atoms with Gasteiger partial charge in [-0.05, 0) is 35.4 Å². The summed E-state index contributed by atoms with van der Waals surface area (Å²) >= 11 is 0. The van der Waals surface area contributed by atoms with Crippen molar-refractivity contribution >= 4 is 18.0 Å². The SMILES string of the molecule is COc1ccc(C=NNC(=O)CN2C[C@H](c3ccccc3)CC2=O)cc1. The van der Waals surface area contributed by atoms with Gasteiger partial charge in [0, 0.05) is 18.9 Å². The van der Waals surface area contributed by atoms with Crippen LogP contribution >= 0.6 is 0 Å². The third kappa shape index (κ3) is 4.47. The van der Waals surface area contributed by atoms with Crippen molar-refractivity contribution in [2.75, 3.05) is 20.2 Å². The van der Waals surface area contributed by atoms with Gasteiger partial charge in [0.15, 0.2) is 0 Å². The molecule has 3 rings (SSSR count). The van der Waals surface area contributed by atoms with Crippen molar-refractivity contribution in [2.45, 2.75) is 12.3 Å². The number of ether oxygens (including phenoxy) is 1. The number of hydrogen-bond acceptors (Lipinski definition) is 4. The van der Waals surface area contributed by atoms with E-state index in [0.29, 0.717) is 13.0 Å². The van der Waals surface area contributed by atoms with Crippen LogP contribution in [0.5, 0.6) is 5.75 Å². The lowest BCUT2D eigenvalue weighted by molar-refractivity contribution is -0.133. The predicted molar refractivity (Wildman–Crippen MR) is 99.1 cm³/mol. The molecule has 0 radical (unpaired) electrons. The number of nitrogens with one attached hydrogen (secondary N) is 1. The number of likely N-dealkylation sites (tertiary alicyclic amines) is 1. The number of methoxy groups -OCH3 is 1. The first-order valence-electron chi connectivity index (χ1n) is 8.44. The Bertz CT molecular complexity index is 788. The standard InChI is InChI=1S/C20H21N3O3/c1-26-18-9-7-15(8-10-18)12-21-22-19(24)14-23-13-17(11-20(23)25)16-5-3-2-4-6-16/h2-10,12,17H,11,13-14H2,1H3,(H,22,24)/t17-/m1/s1. The highest BCUT2D eigenvalue weighted by Gasteiger charge is 2.31. The van der Waals surface area contributed by atoms with Gasteiger partial charge < -0.3 is 9.64 Å². The van der Waals surface area contributed by atoms with Gasteiger partial charge in [-0.3, -0.25) is 9.59 Å². The van der Waals surface area contributed by atoms with Gasteiger partial charge in [-0.25, -0.2) is 5.43 Å². The van der Waals surface area contributed by atoms with E-state index in [2.05, 4.69) is 10.5 Å². The molecule has 1 atom stereocenters. The molecule has 0 aliphatic carbocycles. The smallest absolute Gasteiger partial charge is 0.259 e. The Morgan fingerprint density at radius 3 is 2.65 bits per heavy atom. The Hall–Kier alpha value is -3.15. The molecule has 2 aromatic carbocycles. The fourth-order valence-electron chi connectivity index (χ4n) is 2.95. The first-order chi connectivity index (χ1) is 12.7. The highest BCUT2D eigenvalue weighted by atomic mass is 16.5. The zero-order valence-corrected chi connectivity index (χ0v) is 14.6. The van der Waals surface area contributed by atoms with E-state index in [-0.39, 0.29) is 24.3 Å². The summed E-state index contributed by atoms with van der Waals surface area (Å²) in [5.74, 6) is 0.580.